The van der Waals surface area contributed by atoms with E-state index in [9.17, 15) is 4.79 Å². The highest BCUT2D eigenvalue weighted by Gasteiger charge is 2.31. The van der Waals surface area contributed by atoms with Crippen LogP contribution in [-0.4, -0.2) is 17.4 Å². The van der Waals surface area contributed by atoms with Crippen molar-refractivity contribution in [1.29, 1.82) is 0 Å². The summed E-state index contributed by atoms with van der Waals surface area (Å²) in [6, 6.07) is 0. The SMILES string of the molecule is C=C(N)/C(=C(\N=CN)C(=O)O)C1CC1. The van der Waals surface area contributed by atoms with Crippen LogP contribution in [0, 0.1) is 5.92 Å². The quantitative estimate of drug-likeness (QED) is 0.258. The fourth-order valence-electron chi connectivity index (χ4n) is 1.29. The van der Waals surface area contributed by atoms with Crippen molar-refractivity contribution >= 4 is 12.3 Å². The zero-order chi connectivity index (χ0) is 10.7. The van der Waals surface area contributed by atoms with Gasteiger partial charge < -0.3 is 16.6 Å². The van der Waals surface area contributed by atoms with Gasteiger partial charge in [-0.2, -0.15) is 0 Å². The molecule has 0 unspecified atom stereocenters. The second-order valence-corrected chi connectivity index (χ2v) is 3.15. The average Bonchev–Trinajstić information content (AvgIpc) is 2.86. The first-order chi connectivity index (χ1) is 6.57. The van der Waals surface area contributed by atoms with E-state index in [1.54, 1.807) is 0 Å². The average molecular weight is 195 g/mol. The Bertz CT molecular complexity index is 327. The van der Waals surface area contributed by atoms with Gasteiger partial charge in [0.15, 0.2) is 5.70 Å². The Morgan fingerprint density at radius 3 is 2.43 bits per heavy atom. The number of aliphatic imine (C=N–C) groups is 1. The topological polar surface area (TPSA) is 102 Å². The molecule has 0 aromatic rings. The monoisotopic (exact) mass is 195 g/mol. The molecule has 0 aromatic heterocycles. The summed E-state index contributed by atoms with van der Waals surface area (Å²) in [6.45, 7) is 3.54. The fraction of sp³-hybridized carbons (Fsp3) is 0.333. The third-order valence-corrected chi connectivity index (χ3v) is 1.99. The van der Waals surface area contributed by atoms with Crippen LogP contribution in [0.4, 0.5) is 0 Å². The molecule has 1 rings (SSSR count). The number of carboxylic acid groups (broad SMARTS) is 1. The largest absolute Gasteiger partial charge is 0.476 e. The highest BCUT2D eigenvalue weighted by Crippen LogP contribution is 2.40. The number of nitrogens with two attached hydrogens (primary N) is 2. The van der Waals surface area contributed by atoms with Crippen molar-refractivity contribution in [2.45, 2.75) is 12.8 Å². The van der Waals surface area contributed by atoms with Gasteiger partial charge in [-0.15, -0.1) is 0 Å². The Balaban J connectivity index is 3.13. The van der Waals surface area contributed by atoms with Crippen LogP contribution in [0.25, 0.3) is 0 Å². The van der Waals surface area contributed by atoms with Gasteiger partial charge in [0.2, 0.25) is 0 Å². The maximum atomic E-state index is 10.8. The molecular weight excluding hydrogens is 182 g/mol. The second kappa shape index (κ2) is 3.95. The number of carboxylic acids is 1. The van der Waals surface area contributed by atoms with Gasteiger partial charge >= 0.3 is 5.97 Å². The van der Waals surface area contributed by atoms with E-state index in [0.29, 0.717) is 5.57 Å². The minimum atomic E-state index is -1.12. The van der Waals surface area contributed by atoms with Crippen molar-refractivity contribution in [2.75, 3.05) is 0 Å². The number of allylic oxidation sites excluding steroid dienone is 1. The van der Waals surface area contributed by atoms with Gasteiger partial charge in [0.1, 0.15) is 0 Å². The Morgan fingerprint density at radius 1 is 1.57 bits per heavy atom. The van der Waals surface area contributed by atoms with Crippen molar-refractivity contribution in [3.63, 3.8) is 0 Å². The molecule has 0 radical (unpaired) electrons. The molecule has 5 nitrogen and oxygen atoms in total. The summed E-state index contributed by atoms with van der Waals surface area (Å²) in [5.74, 6) is -0.942. The second-order valence-electron chi connectivity index (χ2n) is 3.15. The van der Waals surface area contributed by atoms with E-state index >= 15 is 0 Å². The van der Waals surface area contributed by atoms with Gasteiger partial charge in [0.05, 0.1) is 6.34 Å². The molecule has 1 aliphatic rings. The van der Waals surface area contributed by atoms with Gasteiger partial charge in [-0.25, -0.2) is 9.79 Å². The molecule has 1 saturated carbocycles. The lowest BCUT2D eigenvalue weighted by Crippen LogP contribution is -2.11. The van der Waals surface area contributed by atoms with Gasteiger partial charge in [-0.1, -0.05) is 6.58 Å². The van der Waals surface area contributed by atoms with Gasteiger partial charge in [0.25, 0.3) is 0 Å². The number of carbonyl (C=O) groups is 1. The van der Waals surface area contributed by atoms with Crippen molar-refractivity contribution in [1.82, 2.24) is 0 Å². The molecule has 5 N–H and O–H groups in total. The minimum absolute atomic E-state index is 0.0949. The third kappa shape index (κ3) is 2.12. The Kier molecular flexibility index (Phi) is 2.91. The van der Waals surface area contributed by atoms with E-state index in [2.05, 4.69) is 11.6 Å². The number of rotatable bonds is 4. The van der Waals surface area contributed by atoms with Crippen molar-refractivity contribution in [3.8, 4) is 0 Å². The lowest BCUT2D eigenvalue weighted by Gasteiger charge is -2.06. The van der Waals surface area contributed by atoms with Gasteiger partial charge in [-0.3, -0.25) is 0 Å². The van der Waals surface area contributed by atoms with E-state index in [0.717, 1.165) is 19.2 Å². The molecular formula is C9H13N3O2. The van der Waals surface area contributed by atoms with Crippen LogP contribution in [0.2, 0.25) is 0 Å². The van der Waals surface area contributed by atoms with Crippen LogP contribution in [0.5, 0.6) is 0 Å². The smallest absolute Gasteiger partial charge is 0.354 e. The number of aliphatic carboxylic acids is 1. The Hall–Kier alpha value is -1.78. The molecule has 76 valence electrons. The molecule has 1 fully saturated rings. The highest BCUT2D eigenvalue weighted by atomic mass is 16.4. The number of hydrogen-bond donors (Lipinski definition) is 3. The van der Waals surface area contributed by atoms with E-state index < -0.39 is 5.97 Å². The summed E-state index contributed by atoms with van der Waals surface area (Å²) in [5.41, 5.74) is 11.3. The molecule has 0 spiro atoms. The maximum absolute atomic E-state index is 10.8. The van der Waals surface area contributed by atoms with Crippen molar-refractivity contribution in [3.05, 3.63) is 23.5 Å². The van der Waals surface area contributed by atoms with E-state index in [1.807, 2.05) is 0 Å². The lowest BCUT2D eigenvalue weighted by molar-refractivity contribution is -0.132. The van der Waals surface area contributed by atoms with Crippen LogP contribution in [0.1, 0.15) is 12.8 Å². The van der Waals surface area contributed by atoms with Crippen LogP contribution < -0.4 is 11.5 Å². The molecule has 0 atom stereocenters. The Labute approximate surface area is 81.8 Å². The normalized spacial score (nSPS) is 18.0. The predicted molar refractivity (Wildman–Crippen MR) is 53.4 cm³/mol. The summed E-state index contributed by atoms with van der Waals surface area (Å²) in [4.78, 5) is 14.4. The van der Waals surface area contributed by atoms with Crippen LogP contribution in [0.3, 0.4) is 0 Å². The lowest BCUT2D eigenvalue weighted by atomic mass is 10.1. The molecule has 0 heterocycles. The predicted octanol–water partition coefficient (Wildman–Crippen LogP) is 0.194. The van der Waals surface area contributed by atoms with Gasteiger partial charge in [-0.05, 0) is 18.8 Å². The molecule has 0 amide bonds. The van der Waals surface area contributed by atoms with Crippen LogP contribution in [0.15, 0.2) is 28.5 Å². The summed E-state index contributed by atoms with van der Waals surface area (Å²) in [7, 11) is 0. The first-order valence-electron chi connectivity index (χ1n) is 4.24. The molecule has 0 bridgehead atoms. The minimum Gasteiger partial charge on any atom is -0.476 e. The summed E-state index contributed by atoms with van der Waals surface area (Å²) >= 11 is 0. The first-order valence-corrected chi connectivity index (χ1v) is 4.24. The first kappa shape index (κ1) is 10.3. The highest BCUT2D eigenvalue weighted by molar-refractivity contribution is 5.90. The summed E-state index contributed by atoms with van der Waals surface area (Å²) in [5, 5.41) is 8.88. The summed E-state index contributed by atoms with van der Waals surface area (Å²) in [6.07, 6.45) is 2.82. The Morgan fingerprint density at radius 2 is 2.14 bits per heavy atom. The van der Waals surface area contributed by atoms with Crippen molar-refractivity contribution < 1.29 is 9.90 Å². The maximum Gasteiger partial charge on any atom is 0.354 e. The number of nitrogens with zero attached hydrogens (tertiary/aromatic N) is 1. The third-order valence-electron chi connectivity index (χ3n) is 1.99. The van der Waals surface area contributed by atoms with E-state index in [-0.39, 0.29) is 17.3 Å². The molecule has 5 heteroatoms. The van der Waals surface area contributed by atoms with Crippen LogP contribution >= 0.6 is 0 Å². The van der Waals surface area contributed by atoms with E-state index in [4.69, 9.17) is 16.6 Å². The zero-order valence-corrected chi connectivity index (χ0v) is 7.73. The molecule has 0 aliphatic heterocycles. The molecule has 1 aliphatic carbocycles. The van der Waals surface area contributed by atoms with E-state index in [1.165, 1.54) is 0 Å². The fourth-order valence-corrected chi connectivity index (χ4v) is 1.29. The van der Waals surface area contributed by atoms with Crippen molar-refractivity contribution in [2.24, 2.45) is 22.4 Å². The molecule has 14 heavy (non-hydrogen) atoms. The molecule has 0 saturated heterocycles. The zero-order valence-electron chi connectivity index (χ0n) is 7.73. The standard InChI is InChI=1S/C9H13N3O2/c1-5(11)7(6-2-3-6)8(9(13)14)12-4-10/h4,6H,1-3,11H2,(H2,10,12)(H,13,14)/b8-7+. The van der Waals surface area contributed by atoms with Crippen LogP contribution in [-0.2, 0) is 4.79 Å². The number of hydrogen-bond acceptors (Lipinski definition) is 3. The summed E-state index contributed by atoms with van der Waals surface area (Å²) < 4.78 is 0. The van der Waals surface area contributed by atoms with Gasteiger partial charge in [0, 0.05) is 11.3 Å². The molecule has 0 aromatic carbocycles.